The normalized spacial score (nSPS) is 19.1. The first-order chi connectivity index (χ1) is 13.7. The lowest BCUT2D eigenvalue weighted by Crippen LogP contribution is -2.46. The molecule has 1 N–H and O–H groups in total. The highest BCUT2D eigenvalue weighted by atomic mass is 35.5. The quantitative estimate of drug-likeness (QED) is 0.742. The van der Waals surface area contributed by atoms with E-state index >= 15 is 0 Å². The monoisotopic (exact) mass is 439 g/mol. The molecule has 1 amide bonds. The number of sulfonamides is 1. The summed E-state index contributed by atoms with van der Waals surface area (Å²) < 4.78 is 32.5. The molecule has 0 aliphatic carbocycles. The van der Waals surface area contributed by atoms with Gasteiger partial charge in [-0.2, -0.15) is 4.31 Å². The van der Waals surface area contributed by atoms with E-state index in [4.69, 9.17) is 16.1 Å². The maximum absolute atomic E-state index is 13.1. The summed E-state index contributed by atoms with van der Waals surface area (Å²) >= 11 is 5.95. The van der Waals surface area contributed by atoms with E-state index in [0.717, 1.165) is 12.0 Å². The molecule has 0 saturated carbocycles. The first-order valence-electron chi connectivity index (χ1n) is 9.73. The number of aromatic nitrogens is 1. The topological polar surface area (TPSA) is 92.5 Å². The Morgan fingerprint density at radius 3 is 2.62 bits per heavy atom. The number of piperidine rings is 1. The van der Waals surface area contributed by atoms with Gasteiger partial charge in [0.15, 0.2) is 5.76 Å². The largest absolute Gasteiger partial charge is 0.360 e. The molecular formula is C20H26ClN3O4S. The number of amides is 1. The van der Waals surface area contributed by atoms with Crippen LogP contribution in [0.25, 0.3) is 0 Å². The van der Waals surface area contributed by atoms with E-state index in [1.54, 1.807) is 26.0 Å². The van der Waals surface area contributed by atoms with Crippen molar-refractivity contribution < 1.29 is 17.7 Å². The van der Waals surface area contributed by atoms with Crippen LogP contribution in [0.4, 0.5) is 0 Å². The van der Waals surface area contributed by atoms with E-state index in [1.807, 2.05) is 19.1 Å². The number of benzene rings is 1. The Kier molecular flexibility index (Phi) is 6.65. The minimum Gasteiger partial charge on any atom is -0.360 e. The molecule has 2 heterocycles. The number of carbonyl (C=O) groups is 1. The molecule has 9 heteroatoms. The molecule has 1 aliphatic rings. The number of halogens is 1. The molecule has 1 aromatic carbocycles. The van der Waals surface area contributed by atoms with E-state index < -0.39 is 15.9 Å². The molecule has 1 fully saturated rings. The number of nitrogens with zero attached hydrogens (tertiary/aromatic N) is 2. The van der Waals surface area contributed by atoms with Crippen LogP contribution in [0.3, 0.4) is 0 Å². The summed E-state index contributed by atoms with van der Waals surface area (Å²) in [7, 11) is -3.76. The van der Waals surface area contributed by atoms with Crippen molar-refractivity contribution >= 4 is 27.5 Å². The number of carbonyl (C=O) groups excluding carboxylic acids is 1. The molecule has 1 aromatic heterocycles. The lowest BCUT2D eigenvalue weighted by atomic mass is 9.97. The van der Waals surface area contributed by atoms with Gasteiger partial charge < -0.3 is 9.84 Å². The molecule has 3 rings (SSSR count). The van der Waals surface area contributed by atoms with Gasteiger partial charge in [0.25, 0.3) is 0 Å². The lowest BCUT2D eigenvalue weighted by Gasteiger charge is -2.32. The summed E-state index contributed by atoms with van der Waals surface area (Å²) in [5, 5.41) is 7.46. The van der Waals surface area contributed by atoms with Crippen LogP contribution in [0.1, 0.15) is 49.2 Å². The Hall–Kier alpha value is -1.90. The zero-order valence-corrected chi connectivity index (χ0v) is 18.4. The van der Waals surface area contributed by atoms with Gasteiger partial charge >= 0.3 is 0 Å². The van der Waals surface area contributed by atoms with Gasteiger partial charge in [0.1, 0.15) is 10.6 Å². The highest BCUT2D eigenvalue weighted by molar-refractivity contribution is 7.89. The third-order valence-corrected chi connectivity index (χ3v) is 7.68. The fourth-order valence-corrected chi connectivity index (χ4v) is 5.69. The number of rotatable bonds is 6. The second-order valence-corrected chi connectivity index (χ2v) is 9.69. The average Bonchev–Trinajstić information content (AvgIpc) is 3.05. The summed E-state index contributed by atoms with van der Waals surface area (Å²) in [5.74, 6) is -0.270. The summed E-state index contributed by atoms with van der Waals surface area (Å²) in [6.07, 6.45) is 2.00. The van der Waals surface area contributed by atoms with Gasteiger partial charge in [-0.1, -0.05) is 35.8 Å². The predicted octanol–water partition coefficient (Wildman–Crippen LogP) is 3.61. The van der Waals surface area contributed by atoms with Crippen molar-refractivity contribution in [3.63, 3.8) is 0 Å². The Labute approximate surface area is 176 Å². The molecule has 1 saturated heterocycles. The molecule has 7 nitrogen and oxygen atoms in total. The second kappa shape index (κ2) is 8.85. The highest BCUT2D eigenvalue weighted by Gasteiger charge is 2.36. The lowest BCUT2D eigenvalue weighted by molar-refractivity contribution is -0.126. The summed E-state index contributed by atoms with van der Waals surface area (Å²) in [4.78, 5) is 13.0. The third kappa shape index (κ3) is 4.65. The fraction of sp³-hybridized carbons (Fsp3) is 0.500. The maximum Gasteiger partial charge on any atom is 0.248 e. The van der Waals surface area contributed by atoms with Gasteiger partial charge in [-0.05, 0) is 50.8 Å². The molecule has 2 aromatic rings. The molecule has 0 bridgehead atoms. The summed E-state index contributed by atoms with van der Waals surface area (Å²) in [6, 6.07) is 7.24. The van der Waals surface area contributed by atoms with Gasteiger partial charge in [0.2, 0.25) is 15.9 Å². The van der Waals surface area contributed by atoms with Gasteiger partial charge in [0, 0.05) is 18.1 Å². The Balaban J connectivity index is 1.73. The smallest absolute Gasteiger partial charge is 0.248 e. The van der Waals surface area contributed by atoms with Crippen LogP contribution in [0.2, 0.25) is 5.02 Å². The second-order valence-electron chi connectivity index (χ2n) is 7.38. The van der Waals surface area contributed by atoms with E-state index in [2.05, 4.69) is 10.5 Å². The van der Waals surface area contributed by atoms with Crippen molar-refractivity contribution in [1.82, 2.24) is 14.8 Å². The van der Waals surface area contributed by atoms with E-state index in [9.17, 15) is 13.2 Å². The van der Waals surface area contributed by atoms with Crippen molar-refractivity contribution in [3.05, 3.63) is 46.3 Å². The van der Waals surface area contributed by atoms with Crippen LogP contribution in [-0.2, 0) is 14.8 Å². The highest BCUT2D eigenvalue weighted by Crippen LogP contribution is 2.28. The average molecular weight is 440 g/mol. The number of nitrogens with one attached hydrogen (secondary N) is 1. The molecule has 2 unspecified atom stereocenters. The zero-order chi connectivity index (χ0) is 21.2. The molecule has 158 valence electrons. The fourth-order valence-electron chi connectivity index (χ4n) is 3.75. The van der Waals surface area contributed by atoms with Gasteiger partial charge in [-0.3, -0.25) is 4.79 Å². The minimum atomic E-state index is -3.76. The predicted molar refractivity (Wildman–Crippen MR) is 110 cm³/mol. The van der Waals surface area contributed by atoms with Crippen molar-refractivity contribution in [2.45, 2.75) is 51.0 Å². The standard InChI is InChI=1S/C20H26ClN3O4S/c1-4-18(15-7-9-17(21)10-8-15)22-20(25)16-6-5-11-24(12-16)29(26,27)19-13(2)23-28-14(19)3/h7-10,16,18H,4-6,11-12H2,1-3H3,(H,22,25). The molecule has 1 aliphatic heterocycles. The van der Waals surface area contributed by atoms with Crippen molar-refractivity contribution in [2.75, 3.05) is 13.1 Å². The number of hydrogen-bond acceptors (Lipinski definition) is 5. The first kappa shape index (κ1) is 21.8. The van der Waals surface area contributed by atoms with Gasteiger partial charge in [0.05, 0.1) is 12.0 Å². The van der Waals surface area contributed by atoms with Gasteiger partial charge in [-0.15, -0.1) is 0 Å². The SMILES string of the molecule is CCC(NC(=O)C1CCCN(S(=O)(=O)c2c(C)noc2C)C1)c1ccc(Cl)cc1. The Morgan fingerprint density at radius 1 is 1.34 bits per heavy atom. The Morgan fingerprint density at radius 2 is 2.03 bits per heavy atom. The van der Waals surface area contributed by atoms with Crippen LogP contribution in [-0.4, -0.2) is 36.9 Å². The van der Waals surface area contributed by atoms with E-state index in [-0.39, 0.29) is 29.1 Å². The molecular weight excluding hydrogens is 414 g/mol. The van der Waals surface area contributed by atoms with Crippen LogP contribution >= 0.6 is 11.6 Å². The number of aryl methyl sites for hydroxylation is 2. The zero-order valence-electron chi connectivity index (χ0n) is 16.8. The van der Waals surface area contributed by atoms with E-state index in [0.29, 0.717) is 30.1 Å². The molecule has 0 spiro atoms. The summed E-state index contributed by atoms with van der Waals surface area (Å²) in [6.45, 7) is 5.71. The van der Waals surface area contributed by atoms with Crippen LogP contribution in [0.15, 0.2) is 33.7 Å². The Bertz CT molecular complexity index is 953. The van der Waals surface area contributed by atoms with Gasteiger partial charge in [-0.25, -0.2) is 8.42 Å². The van der Waals surface area contributed by atoms with Crippen LogP contribution in [0, 0.1) is 19.8 Å². The molecule has 29 heavy (non-hydrogen) atoms. The molecule has 0 radical (unpaired) electrons. The summed E-state index contributed by atoms with van der Waals surface area (Å²) in [5.41, 5.74) is 1.31. The first-order valence-corrected chi connectivity index (χ1v) is 11.5. The van der Waals surface area contributed by atoms with Crippen molar-refractivity contribution in [3.8, 4) is 0 Å². The van der Waals surface area contributed by atoms with Crippen LogP contribution in [0.5, 0.6) is 0 Å². The van der Waals surface area contributed by atoms with Crippen LogP contribution < -0.4 is 5.32 Å². The maximum atomic E-state index is 13.1. The number of hydrogen-bond donors (Lipinski definition) is 1. The molecule has 2 atom stereocenters. The minimum absolute atomic E-state index is 0.103. The van der Waals surface area contributed by atoms with Crippen molar-refractivity contribution in [1.29, 1.82) is 0 Å². The van der Waals surface area contributed by atoms with Crippen molar-refractivity contribution in [2.24, 2.45) is 5.92 Å². The van der Waals surface area contributed by atoms with E-state index in [1.165, 1.54) is 4.31 Å². The third-order valence-electron chi connectivity index (χ3n) is 5.32.